The van der Waals surface area contributed by atoms with Gasteiger partial charge in [0.25, 0.3) is 0 Å². The summed E-state index contributed by atoms with van der Waals surface area (Å²) < 4.78 is 25.3. The fourth-order valence-corrected chi connectivity index (χ4v) is 15.3. The highest BCUT2D eigenvalue weighted by Gasteiger charge is 2.41. The molecule has 4 rings (SSSR count). The van der Waals surface area contributed by atoms with Gasteiger partial charge < -0.3 is 131 Å². The van der Waals surface area contributed by atoms with Crippen LogP contribution >= 0.6 is 11.8 Å². The van der Waals surface area contributed by atoms with Crippen molar-refractivity contribution in [2.75, 3.05) is 63.2 Å². The number of carbonyl (C=O) groups excluding carboxylic acids is 15. The maximum atomic E-state index is 14.7. The highest BCUT2D eigenvalue weighted by Crippen LogP contribution is 2.19. The standard InChI is InChI=1S/C83H123N17O29S2/c1-8-45(4)69(81(125)93-57(36-51-20-24-53(106)25-21-51)75(119)89-55(33-44(2)3)74(118)91-59(37-67(112)113)73(117)87-46(5)15-12-13-28-84)98-80(124)62(41-102)95-76(120)56(35-50-18-22-52(105)23-19-50)90-77(121)60(38-68(114)115)92-79(123)61(40-101)96-83(127)71(48(7)104)99-78(122)58(34-49-16-10-9-11-17-49)94-82(126)70(47(6)103)97-63(107)39-86-72(116)54(26-27-66(110)111)88-65(109)43-130-42-64(108)85-29-31-100-30-14-32-131(100,128)129/h9-11,16-25,44-48,54-62,69-71,101-106H,8,12-15,26-43,84H2,1-7H3,(H,85,108)(H,86,116)(H,87,117)(H,88,109)(H,89,119)(H,90,121)(H,91,118)(H,92,123)(H,93,125)(H,94,126)(H,95,120)(H,96,127)(H,97,107)(H,98,124)(H,99,122)(H,110,111)(H,112,113)(H,114,115)/t45-,46+,47+,48+,54-,55-,56-,57-,58-,59-,60-,61-,62-,69-,70-,71-/m0/s1. The fourth-order valence-electron chi connectivity index (χ4n) is 13.1. The number of aliphatic hydroxyl groups excluding tert-OH is 4. The van der Waals surface area contributed by atoms with Crippen molar-refractivity contribution in [2.24, 2.45) is 17.6 Å². The van der Waals surface area contributed by atoms with Gasteiger partial charge in [0.1, 0.15) is 84.0 Å². The summed E-state index contributed by atoms with van der Waals surface area (Å²) in [5.41, 5.74) is 6.48. The lowest BCUT2D eigenvalue weighted by atomic mass is 9.96. The zero-order chi connectivity index (χ0) is 97.9. The number of phenolic OH excluding ortho intramolecular Hbond substituents is 2. The summed E-state index contributed by atoms with van der Waals surface area (Å²) >= 11 is 0.810. The molecule has 46 nitrogen and oxygen atoms in total. The second-order valence-electron chi connectivity index (χ2n) is 31.9. The Morgan fingerprint density at radius 3 is 1.31 bits per heavy atom. The van der Waals surface area contributed by atoms with Gasteiger partial charge in [-0.1, -0.05) is 95.1 Å². The highest BCUT2D eigenvalue weighted by molar-refractivity contribution is 8.00. The van der Waals surface area contributed by atoms with Crippen LogP contribution in [0.1, 0.15) is 129 Å². The number of aliphatic carboxylic acids is 3. The molecule has 3 aromatic carbocycles. The Kier molecular flexibility index (Phi) is 47.8. The number of hydrogen-bond donors (Lipinski definition) is 25. The highest BCUT2D eigenvalue weighted by atomic mass is 32.2. The molecule has 131 heavy (non-hydrogen) atoms. The molecule has 1 aliphatic rings. The minimum absolute atomic E-state index is 0.000473. The monoisotopic (exact) mass is 1890 g/mol. The average molecular weight is 1890 g/mol. The molecule has 48 heteroatoms. The first-order chi connectivity index (χ1) is 61.8. The number of sulfonamides is 1. The van der Waals surface area contributed by atoms with E-state index in [2.05, 4.69) is 79.8 Å². The second kappa shape index (κ2) is 56.4. The average Bonchev–Trinajstić information content (AvgIpc) is 1.80. The van der Waals surface area contributed by atoms with E-state index in [0.29, 0.717) is 49.9 Å². The number of thioether (sulfide) groups is 1. The molecule has 1 aliphatic heterocycles. The van der Waals surface area contributed by atoms with Gasteiger partial charge in [0.05, 0.1) is 62.1 Å². The molecule has 3 aromatic rings. The lowest BCUT2D eigenvalue weighted by molar-refractivity contribution is -0.142. The third-order valence-electron chi connectivity index (χ3n) is 20.4. The van der Waals surface area contributed by atoms with Crippen LogP contribution in [0.2, 0.25) is 0 Å². The SMILES string of the molecule is CC[C@H](C)[C@H](NC(=O)[C@H](CO)NC(=O)[C@H](Cc1ccc(O)cc1)NC(=O)[C@H](CC(=O)O)NC(=O)[C@H](CO)NC(=O)[C@@H](NC(=O)[C@H](Cc1ccccc1)NC(=O)[C@@H](NC(=O)CNC(=O)[C@H](CCC(=O)O)NC(=O)CSCC(=O)NCCN1CCCS1(=O)=O)[C@@H](C)O)[C@@H](C)O)C(=O)N[C@@H](Cc1ccc(O)cc1)C(=O)N[C@@H](CC(C)C)C(=O)N[C@@H](CC(=O)O)C(=O)N[C@H](C)CCCCN. The molecule has 0 unspecified atom stereocenters. The van der Waals surface area contributed by atoms with Crippen molar-refractivity contribution < 1.29 is 141 Å². The van der Waals surface area contributed by atoms with Gasteiger partial charge in [-0.2, -0.15) is 0 Å². The van der Waals surface area contributed by atoms with E-state index in [0.717, 1.165) is 25.6 Å². The summed E-state index contributed by atoms with van der Waals surface area (Å²) in [4.78, 5) is 245. The molecule has 26 N–H and O–H groups in total. The van der Waals surface area contributed by atoms with Crippen LogP contribution in [0.25, 0.3) is 0 Å². The number of unbranched alkanes of at least 4 members (excludes halogenated alkanes) is 1. The molecule has 0 aromatic heterocycles. The van der Waals surface area contributed by atoms with Crippen molar-refractivity contribution in [1.29, 1.82) is 0 Å². The zero-order valence-electron chi connectivity index (χ0n) is 73.6. The molecule has 0 spiro atoms. The molecule has 1 heterocycles. The largest absolute Gasteiger partial charge is 0.508 e. The lowest BCUT2D eigenvalue weighted by Gasteiger charge is -2.30. The van der Waals surface area contributed by atoms with Crippen LogP contribution in [0.15, 0.2) is 78.9 Å². The summed E-state index contributed by atoms with van der Waals surface area (Å²) in [7, 11) is -3.40. The van der Waals surface area contributed by atoms with Gasteiger partial charge >= 0.3 is 17.9 Å². The number of carboxylic acids is 3. The maximum Gasteiger partial charge on any atom is 0.305 e. The van der Waals surface area contributed by atoms with Crippen molar-refractivity contribution in [1.82, 2.24) is 84.1 Å². The Hall–Kier alpha value is -12.2. The first-order valence-corrected chi connectivity index (χ1v) is 45.1. The predicted molar refractivity (Wildman–Crippen MR) is 469 cm³/mol. The van der Waals surface area contributed by atoms with E-state index < -0.39 is 277 Å². The lowest BCUT2D eigenvalue weighted by Crippen LogP contribution is -2.63. The van der Waals surface area contributed by atoms with Gasteiger partial charge in [0.15, 0.2) is 0 Å². The number of hydrogen-bond acceptors (Lipinski definition) is 28. The molecule has 0 bridgehead atoms. The Bertz CT molecular complexity index is 4500. The summed E-state index contributed by atoms with van der Waals surface area (Å²) in [5.74, 6) is -23.7. The Morgan fingerprint density at radius 2 is 0.847 bits per heavy atom. The minimum atomic E-state index is -3.40. The number of nitrogens with one attached hydrogen (secondary N) is 15. The molecule has 1 saturated heterocycles. The van der Waals surface area contributed by atoms with E-state index in [1.54, 1.807) is 45.9 Å². The van der Waals surface area contributed by atoms with Gasteiger partial charge in [0, 0.05) is 51.4 Å². The van der Waals surface area contributed by atoms with Crippen molar-refractivity contribution in [2.45, 2.75) is 223 Å². The van der Waals surface area contributed by atoms with Crippen LogP contribution in [0.5, 0.6) is 11.5 Å². The first kappa shape index (κ1) is 111. The van der Waals surface area contributed by atoms with Crippen LogP contribution in [0, 0.1) is 11.8 Å². The fraction of sp³-hybridized carbons (Fsp3) is 0.566. The molecule has 1 fully saturated rings. The molecule has 15 amide bonds. The Balaban J connectivity index is 1.53. The summed E-state index contributed by atoms with van der Waals surface area (Å²) in [6, 6.07) is -4.37. The number of benzene rings is 3. The Labute approximate surface area is 760 Å². The predicted octanol–water partition coefficient (Wildman–Crippen LogP) is -6.77. The van der Waals surface area contributed by atoms with Crippen LogP contribution in [0.3, 0.4) is 0 Å². The molecule has 726 valence electrons. The van der Waals surface area contributed by atoms with Crippen molar-refractivity contribution in [3.63, 3.8) is 0 Å². The van der Waals surface area contributed by atoms with Crippen LogP contribution in [-0.4, -0.2) is 319 Å². The molecule has 0 saturated carbocycles. The van der Waals surface area contributed by atoms with Gasteiger partial charge in [-0.05, 0) is 112 Å². The first-order valence-electron chi connectivity index (χ1n) is 42.3. The number of aromatic hydroxyl groups is 2. The van der Waals surface area contributed by atoms with Crippen molar-refractivity contribution in [3.05, 3.63) is 95.6 Å². The van der Waals surface area contributed by atoms with Gasteiger partial charge in [-0.25, -0.2) is 12.7 Å². The second-order valence-corrected chi connectivity index (χ2v) is 34.9. The number of carbonyl (C=O) groups is 18. The number of carboxylic acid groups (broad SMARTS) is 3. The smallest absolute Gasteiger partial charge is 0.305 e. The number of aliphatic hydroxyl groups is 4. The normalized spacial score (nSPS) is 15.9. The summed E-state index contributed by atoms with van der Waals surface area (Å²) in [6.45, 7) is 7.50. The Morgan fingerprint density at radius 1 is 0.435 bits per heavy atom. The topological polar surface area (TPSA) is 733 Å². The zero-order valence-corrected chi connectivity index (χ0v) is 75.2. The molecule has 0 aliphatic carbocycles. The number of phenols is 2. The number of amides is 15. The van der Waals surface area contributed by atoms with Crippen LogP contribution < -0.4 is 85.5 Å². The van der Waals surface area contributed by atoms with Crippen molar-refractivity contribution in [3.8, 4) is 11.5 Å². The van der Waals surface area contributed by atoms with E-state index in [1.807, 2.05) is 0 Å². The van der Waals surface area contributed by atoms with Crippen molar-refractivity contribution >= 4 is 128 Å². The summed E-state index contributed by atoms with van der Waals surface area (Å²) in [6.07, 6.45) is -5.98. The van der Waals surface area contributed by atoms with Crippen LogP contribution in [0.4, 0.5) is 0 Å². The van der Waals surface area contributed by atoms with Gasteiger partial charge in [-0.15, -0.1) is 11.8 Å². The van der Waals surface area contributed by atoms with E-state index in [9.17, 15) is 141 Å². The maximum absolute atomic E-state index is 14.7. The van der Waals surface area contributed by atoms with Crippen LogP contribution in [-0.2, 0) is 116 Å². The van der Waals surface area contributed by atoms with E-state index in [4.69, 9.17) is 5.73 Å². The van der Waals surface area contributed by atoms with Gasteiger partial charge in [-0.3, -0.25) is 86.3 Å². The molecular formula is C83H123N17O29S2. The van der Waals surface area contributed by atoms with E-state index >= 15 is 0 Å². The molecular weight excluding hydrogens is 1760 g/mol. The molecule has 16 atom stereocenters. The third-order valence-corrected chi connectivity index (χ3v) is 23.3. The summed E-state index contributed by atoms with van der Waals surface area (Å²) in [5, 5.41) is 128. The van der Waals surface area contributed by atoms with E-state index in [1.165, 1.54) is 71.9 Å². The number of nitrogens with zero attached hydrogens (tertiary/aromatic N) is 1. The quantitative estimate of drug-likeness (QED) is 0.0234. The van der Waals surface area contributed by atoms with Gasteiger partial charge in [0.2, 0.25) is 98.6 Å². The number of rotatable bonds is 59. The number of nitrogens with two attached hydrogens (primary N) is 1. The van der Waals surface area contributed by atoms with E-state index in [-0.39, 0.29) is 66.8 Å². The third kappa shape index (κ3) is 40.4. The minimum Gasteiger partial charge on any atom is -0.508 e. The molecule has 0 radical (unpaired) electrons.